The minimum absolute atomic E-state index is 0.198. The SMILES string of the molecule is C=Nc1cc(NC)c(Cl)cc1F. The zero-order valence-electron chi connectivity index (χ0n) is 6.56. The molecule has 0 atom stereocenters. The molecule has 0 aliphatic carbocycles. The van der Waals surface area contributed by atoms with Gasteiger partial charge < -0.3 is 5.32 Å². The number of nitrogens with one attached hydrogen (secondary N) is 1. The first-order valence-electron chi connectivity index (χ1n) is 3.32. The molecule has 0 spiro atoms. The summed E-state index contributed by atoms with van der Waals surface area (Å²) in [5.74, 6) is -0.464. The number of benzene rings is 1. The lowest BCUT2D eigenvalue weighted by Crippen LogP contribution is -1.89. The third kappa shape index (κ3) is 1.56. The summed E-state index contributed by atoms with van der Waals surface area (Å²) in [5.41, 5.74) is 0.837. The Balaban J connectivity index is 3.26. The lowest BCUT2D eigenvalue weighted by molar-refractivity contribution is 0.630. The number of hydrogen-bond acceptors (Lipinski definition) is 2. The fourth-order valence-electron chi connectivity index (χ4n) is 0.850. The zero-order valence-corrected chi connectivity index (χ0v) is 7.32. The maximum absolute atomic E-state index is 12.9. The predicted octanol–water partition coefficient (Wildman–Crippen LogP) is 2.85. The van der Waals surface area contributed by atoms with E-state index >= 15 is 0 Å². The van der Waals surface area contributed by atoms with Crippen molar-refractivity contribution < 1.29 is 4.39 Å². The first-order valence-corrected chi connectivity index (χ1v) is 3.70. The molecule has 64 valence electrons. The van der Waals surface area contributed by atoms with Crippen LogP contribution in [0.4, 0.5) is 15.8 Å². The van der Waals surface area contributed by atoms with Gasteiger partial charge in [0.1, 0.15) is 11.5 Å². The molecule has 2 nitrogen and oxygen atoms in total. The van der Waals surface area contributed by atoms with E-state index in [0.29, 0.717) is 10.7 Å². The minimum Gasteiger partial charge on any atom is -0.387 e. The van der Waals surface area contributed by atoms with Gasteiger partial charge in [0.2, 0.25) is 0 Å². The van der Waals surface area contributed by atoms with Crippen LogP contribution in [0.1, 0.15) is 0 Å². The van der Waals surface area contributed by atoms with E-state index in [1.165, 1.54) is 12.1 Å². The summed E-state index contributed by atoms with van der Waals surface area (Å²) >= 11 is 5.69. The number of aliphatic imine (C=N–C) groups is 1. The van der Waals surface area contributed by atoms with Crippen LogP contribution in [0, 0.1) is 5.82 Å². The summed E-state index contributed by atoms with van der Waals surface area (Å²) < 4.78 is 12.9. The summed E-state index contributed by atoms with van der Waals surface area (Å²) in [4.78, 5) is 3.50. The maximum atomic E-state index is 12.9. The van der Waals surface area contributed by atoms with Gasteiger partial charge in [0.25, 0.3) is 0 Å². The van der Waals surface area contributed by atoms with Gasteiger partial charge in [-0.1, -0.05) is 11.6 Å². The average molecular weight is 187 g/mol. The zero-order chi connectivity index (χ0) is 9.14. The smallest absolute Gasteiger partial charge is 0.150 e. The van der Waals surface area contributed by atoms with Gasteiger partial charge in [-0.05, 0) is 18.9 Å². The van der Waals surface area contributed by atoms with Crippen molar-refractivity contribution in [3.05, 3.63) is 23.0 Å². The molecule has 0 saturated heterocycles. The Bertz CT molecular complexity index is 312. The van der Waals surface area contributed by atoms with E-state index in [2.05, 4.69) is 17.0 Å². The Morgan fingerprint density at radius 1 is 1.58 bits per heavy atom. The van der Waals surface area contributed by atoms with Crippen molar-refractivity contribution in [3.63, 3.8) is 0 Å². The van der Waals surface area contributed by atoms with Crippen LogP contribution >= 0.6 is 11.6 Å². The molecule has 1 rings (SSSR count). The van der Waals surface area contributed by atoms with E-state index < -0.39 is 5.82 Å². The van der Waals surface area contributed by atoms with Crippen LogP contribution < -0.4 is 5.32 Å². The van der Waals surface area contributed by atoms with Crippen LogP contribution in [0.25, 0.3) is 0 Å². The molecule has 0 unspecified atom stereocenters. The Kier molecular flexibility index (Phi) is 2.65. The van der Waals surface area contributed by atoms with E-state index in [9.17, 15) is 4.39 Å². The van der Waals surface area contributed by atoms with Gasteiger partial charge in [0, 0.05) is 7.05 Å². The second-order valence-electron chi connectivity index (χ2n) is 2.19. The Morgan fingerprint density at radius 3 is 2.75 bits per heavy atom. The van der Waals surface area contributed by atoms with Gasteiger partial charge in [-0.2, -0.15) is 0 Å². The third-order valence-electron chi connectivity index (χ3n) is 1.48. The molecule has 0 radical (unpaired) electrons. The highest BCUT2D eigenvalue weighted by Gasteiger charge is 2.05. The van der Waals surface area contributed by atoms with Crippen molar-refractivity contribution in [1.29, 1.82) is 0 Å². The molecule has 12 heavy (non-hydrogen) atoms. The first-order chi connectivity index (χ1) is 5.69. The van der Waals surface area contributed by atoms with Gasteiger partial charge in [-0.3, -0.25) is 4.99 Å². The standard InChI is InChI=1S/C8H8ClFN2/c1-11-7-4-8(12-2)6(10)3-5(7)9/h3-4,11H,2H2,1H3. The molecule has 0 aliphatic heterocycles. The number of anilines is 1. The number of halogens is 2. The molecule has 0 aliphatic rings. The van der Waals surface area contributed by atoms with Gasteiger partial charge in [-0.15, -0.1) is 0 Å². The van der Waals surface area contributed by atoms with E-state index in [1.807, 2.05) is 0 Å². The summed E-state index contributed by atoms with van der Waals surface area (Å²) in [5, 5.41) is 3.15. The second-order valence-corrected chi connectivity index (χ2v) is 2.60. The van der Waals surface area contributed by atoms with Crippen molar-refractivity contribution >= 4 is 29.7 Å². The predicted molar refractivity (Wildman–Crippen MR) is 50.2 cm³/mol. The van der Waals surface area contributed by atoms with E-state index in [4.69, 9.17) is 11.6 Å². The largest absolute Gasteiger partial charge is 0.387 e. The van der Waals surface area contributed by atoms with Crippen molar-refractivity contribution in [1.82, 2.24) is 0 Å². The average Bonchev–Trinajstić information content (AvgIpc) is 2.05. The van der Waals surface area contributed by atoms with Crippen LogP contribution in [-0.2, 0) is 0 Å². The van der Waals surface area contributed by atoms with Gasteiger partial charge in [-0.25, -0.2) is 4.39 Å². The fraction of sp³-hybridized carbons (Fsp3) is 0.125. The highest BCUT2D eigenvalue weighted by atomic mass is 35.5. The number of nitrogens with zero attached hydrogens (tertiary/aromatic N) is 1. The van der Waals surface area contributed by atoms with Crippen molar-refractivity contribution in [2.45, 2.75) is 0 Å². The summed E-state index contributed by atoms with van der Waals surface area (Å²) in [7, 11) is 1.70. The highest BCUT2D eigenvalue weighted by Crippen LogP contribution is 2.29. The lowest BCUT2D eigenvalue weighted by atomic mass is 10.2. The second kappa shape index (κ2) is 3.54. The number of hydrogen-bond donors (Lipinski definition) is 1. The number of rotatable bonds is 2. The molecule has 0 saturated carbocycles. The van der Waals surface area contributed by atoms with Crippen LogP contribution in [-0.4, -0.2) is 13.8 Å². The Hall–Kier alpha value is -1.09. The summed E-state index contributed by atoms with van der Waals surface area (Å²) in [6.07, 6.45) is 0. The third-order valence-corrected chi connectivity index (χ3v) is 1.79. The molecule has 0 aromatic heterocycles. The Morgan fingerprint density at radius 2 is 2.25 bits per heavy atom. The minimum atomic E-state index is -0.464. The Labute approximate surface area is 75.1 Å². The van der Waals surface area contributed by atoms with Crippen LogP contribution in [0.5, 0.6) is 0 Å². The van der Waals surface area contributed by atoms with Crippen molar-refractivity contribution in [2.24, 2.45) is 4.99 Å². The summed E-state index contributed by atoms with van der Waals surface area (Å²) in [6.45, 7) is 3.24. The molecule has 4 heteroatoms. The topological polar surface area (TPSA) is 24.4 Å². The highest BCUT2D eigenvalue weighted by molar-refractivity contribution is 6.33. The van der Waals surface area contributed by atoms with Gasteiger partial charge >= 0.3 is 0 Å². The maximum Gasteiger partial charge on any atom is 0.150 e. The van der Waals surface area contributed by atoms with Crippen molar-refractivity contribution in [2.75, 3.05) is 12.4 Å². The van der Waals surface area contributed by atoms with Gasteiger partial charge in [0.15, 0.2) is 0 Å². The van der Waals surface area contributed by atoms with Crippen molar-refractivity contribution in [3.8, 4) is 0 Å². The van der Waals surface area contributed by atoms with Gasteiger partial charge in [0.05, 0.1) is 10.7 Å². The quantitative estimate of drug-likeness (QED) is 0.706. The first kappa shape index (κ1) is 9.00. The van der Waals surface area contributed by atoms with E-state index in [0.717, 1.165) is 0 Å². The molecular formula is C8H8ClFN2. The molecular weight excluding hydrogens is 179 g/mol. The molecule has 1 N–H and O–H groups in total. The molecule has 0 amide bonds. The van der Waals surface area contributed by atoms with Crippen LogP contribution in [0.2, 0.25) is 5.02 Å². The fourth-order valence-corrected chi connectivity index (χ4v) is 1.10. The lowest BCUT2D eigenvalue weighted by Gasteiger charge is -2.04. The molecule has 1 aromatic carbocycles. The summed E-state index contributed by atoms with van der Waals surface area (Å²) in [6, 6.07) is 2.71. The van der Waals surface area contributed by atoms with E-state index in [1.54, 1.807) is 7.05 Å². The van der Waals surface area contributed by atoms with Crippen LogP contribution in [0.3, 0.4) is 0 Å². The monoisotopic (exact) mass is 186 g/mol. The molecule has 0 heterocycles. The molecule has 0 fully saturated rings. The van der Waals surface area contributed by atoms with Crippen LogP contribution in [0.15, 0.2) is 17.1 Å². The van der Waals surface area contributed by atoms with E-state index in [-0.39, 0.29) is 5.69 Å². The normalized spacial score (nSPS) is 9.58. The molecule has 1 aromatic rings. The molecule has 0 bridgehead atoms.